The van der Waals surface area contributed by atoms with Crippen LogP contribution in [0.4, 0.5) is 5.88 Å². The maximum atomic E-state index is 9.21. The molecule has 1 atom stereocenters. The van der Waals surface area contributed by atoms with Crippen molar-refractivity contribution in [2.75, 3.05) is 26.0 Å². The highest BCUT2D eigenvalue weighted by Gasteiger charge is 2.25. The van der Waals surface area contributed by atoms with Gasteiger partial charge in [-0.2, -0.15) is 10.2 Å². The van der Waals surface area contributed by atoms with Gasteiger partial charge in [0.15, 0.2) is 0 Å². The number of anilines is 1. The van der Waals surface area contributed by atoms with Crippen molar-refractivity contribution in [3.8, 4) is 6.07 Å². The zero-order valence-corrected chi connectivity index (χ0v) is 13.7. The molecule has 0 aromatic carbocycles. The van der Waals surface area contributed by atoms with Crippen molar-refractivity contribution in [3.05, 3.63) is 35.7 Å². The maximum Gasteiger partial charge on any atom is 0.232 e. The predicted molar refractivity (Wildman–Crippen MR) is 83.5 cm³/mol. The average Bonchev–Trinajstić information content (AvgIpc) is 3.06. The second-order valence-electron chi connectivity index (χ2n) is 6.43. The second-order valence-corrected chi connectivity index (χ2v) is 6.43. The molecule has 6 nitrogen and oxygen atoms in total. The molecular weight excluding hydrogens is 280 g/mol. The summed E-state index contributed by atoms with van der Waals surface area (Å²) in [5.41, 5.74) is 0.0369. The number of nitriles is 1. The van der Waals surface area contributed by atoms with Gasteiger partial charge in [0.25, 0.3) is 0 Å². The lowest BCUT2D eigenvalue weighted by molar-refractivity contribution is 0.268. The van der Waals surface area contributed by atoms with Crippen molar-refractivity contribution >= 4 is 5.88 Å². The van der Waals surface area contributed by atoms with E-state index in [4.69, 9.17) is 8.83 Å². The van der Waals surface area contributed by atoms with E-state index in [2.05, 4.69) is 16.4 Å². The fraction of sp³-hybridized carbons (Fsp3) is 0.500. The number of hydrogen-bond donors (Lipinski definition) is 1. The van der Waals surface area contributed by atoms with Crippen molar-refractivity contribution in [2.24, 2.45) is 0 Å². The Balaban J connectivity index is 2.17. The Hall–Kier alpha value is -2.26. The summed E-state index contributed by atoms with van der Waals surface area (Å²) in [6, 6.07) is 5.89. The van der Waals surface area contributed by atoms with Crippen LogP contribution in [0.25, 0.3) is 0 Å². The number of aromatic nitrogens is 1. The summed E-state index contributed by atoms with van der Waals surface area (Å²) in [7, 11) is 3.95. The SMILES string of the molecule is CN(C)C(CNc1oc(C(C)(C)C)nc1C#N)c1ccco1. The molecule has 0 spiro atoms. The molecule has 0 aliphatic carbocycles. The Bertz CT molecular complexity index is 645. The molecule has 0 saturated carbocycles. The molecule has 6 heteroatoms. The summed E-state index contributed by atoms with van der Waals surface area (Å²) in [5.74, 6) is 1.81. The lowest BCUT2D eigenvalue weighted by Gasteiger charge is -2.22. The summed E-state index contributed by atoms with van der Waals surface area (Å²) in [5, 5.41) is 12.4. The van der Waals surface area contributed by atoms with E-state index in [-0.39, 0.29) is 17.2 Å². The monoisotopic (exact) mass is 302 g/mol. The summed E-state index contributed by atoms with van der Waals surface area (Å²) >= 11 is 0. The molecule has 2 heterocycles. The van der Waals surface area contributed by atoms with Gasteiger partial charge in [0.2, 0.25) is 17.5 Å². The first-order chi connectivity index (χ1) is 10.3. The van der Waals surface area contributed by atoms with E-state index in [1.165, 1.54) is 0 Å². The van der Waals surface area contributed by atoms with Crippen molar-refractivity contribution in [3.63, 3.8) is 0 Å². The minimum atomic E-state index is -0.243. The Labute approximate surface area is 130 Å². The number of nitrogens with zero attached hydrogens (tertiary/aromatic N) is 3. The van der Waals surface area contributed by atoms with Gasteiger partial charge in [-0.1, -0.05) is 20.8 Å². The zero-order valence-electron chi connectivity index (χ0n) is 13.7. The summed E-state index contributed by atoms with van der Waals surface area (Å²) in [6.45, 7) is 6.54. The molecule has 2 aromatic heterocycles. The fourth-order valence-electron chi connectivity index (χ4n) is 2.04. The molecule has 118 valence electrons. The number of hydrogen-bond acceptors (Lipinski definition) is 6. The van der Waals surface area contributed by atoms with Crippen LogP contribution in [-0.4, -0.2) is 30.5 Å². The lowest BCUT2D eigenvalue weighted by Crippen LogP contribution is -2.26. The number of oxazole rings is 1. The van der Waals surface area contributed by atoms with Crippen LogP contribution in [0.5, 0.6) is 0 Å². The molecule has 0 saturated heterocycles. The van der Waals surface area contributed by atoms with Gasteiger partial charge < -0.3 is 14.2 Å². The van der Waals surface area contributed by atoms with E-state index in [0.29, 0.717) is 18.3 Å². The highest BCUT2D eigenvalue weighted by Crippen LogP contribution is 2.27. The predicted octanol–water partition coefficient (Wildman–Crippen LogP) is 3.15. The van der Waals surface area contributed by atoms with Crippen molar-refractivity contribution < 1.29 is 8.83 Å². The molecule has 22 heavy (non-hydrogen) atoms. The fourth-order valence-corrected chi connectivity index (χ4v) is 2.04. The Morgan fingerprint density at radius 1 is 1.41 bits per heavy atom. The van der Waals surface area contributed by atoms with Crippen molar-refractivity contribution in [1.29, 1.82) is 5.26 Å². The van der Waals surface area contributed by atoms with Crippen LogP contribution in [0.15, 0.2) is 27.2 Å². The molecule has 0 amide bonds. The molecule has 2 aromatic rings. The standard InChI is InChI=1S/C16H22N4O2/c1-16(2,3)15-19-11(9-17)14(22-15)18-10-12(20(4)5)13-7-6-8-21-13/h6-8,12,18H,10H2,1-5H3. The quantitative estimate of drug-likeness (QED) is 0.914. The third-order valence-electron chi connectivity index (χ3n) is 3.33. The number of furan rings is 1. The van der Waals surface area contributed by atoms with E-state index < -0.39 is 0 Å². The first kappa shape index (κ1) is 16.1. The van der Waals surface area contributed by atoms with Crippen LogP contribution < -0.4 is 5.32 Å². The van der Waals surface area contributed by atoms with Crippen molar-refractivity contribution in [1.82, 2.24) is 9.88 Å². The Morgan fingerprint density at radius 2 is 2.14 bits per heavy atom. The maximum absolute atomic E-state index is 9.21. The molecule has 0 bridgehead atoms. The second kappa shape index (κ2) is 6.24. The van der Waals surface area contributed by atoms with Gasteiger partial charge in [0.1, 0.15) is 11.8 Å². The summed E-state index contributed by atoms with van der Waals surface area (Å²) in [4.78, 5) is 6.30. The van der Waals surface area contributed by atoms with E-state index in [0.717, 1.165) is 5.76 Å². The van der Waals surface area contributed by atoms with Gasteiger partial charge in [-0.25, -0.2) is 0 Å². The highest BCUT2D eigenvalue weighted by atomic mass is 16.4. The van der Waals surface area contributed by atoms with Crippen molar-refractivity contribution in [2.45, 2.75) is 32.2 Å². The van der Waals surface area contributed by atoms with Gasteiger partial charge in [0, 0.05) is 12.0 Å². The van der Waals surface area contributed by atoms with Crippen LogP contribution in [0.2, 0.25) is 0 Å². The van der Waals surface area contributed by atoms with E-state index in [1.54, 1.807) is 6.26 Å². The first-order valence-corrected chi connectivity index (χ1v) is 7.18. The van der Waals surface area contributed by atoms with E-state index >= 15 is 0 Å². The van der Waals surface area contributed by atoms with Gasteiger partial charge in [-0.3, -0.25) is 4.90 Å². The largest absolute Gasteiger partial charge is 0.468 e. The molecule has 0 aliphatic heterocycles. The van der Waals surface area contributed by atoms with Gasteiger partial charge in [-0.15, -0.1) is 0 Å². The molecule has 0 fully saturated rings. The van der Waals surface area contributed by atoms with Crippen LogP contribution in [0.1, 0.15) is 44.2 Å². The number of rotatable bonds is 5. The Kier molecular flexibility index (Phi) is 4.57. The Morgan fingerprint density at radius 3 is 2.64 bits per heavy atom. The van der Waals surface area contributed by atoms with Crippen LogP contribution in [-0.2, 0) is 5.41 Å². The van der Waals surface area contributed by atoms with Crippen LogP contribution >= 0.6 is 0 Å². The molecule has 2 rings (SSSR count). The minimum absolute atomic E-state index is 0.0322. The van der Waals surface area contributed by atoms with Gasteiger partial charge in [-0.05, 0) is 26.2 Å². The van der Waals surface area contributed by atoms with Crippen LogP contribution in [0, 0.1) is 11.3 Å². The van der Waals surface area contributed by atoms with Crippen LogP contribution in [0.3, 0.4) is 0 Å². The topological polar surface area (TPSA) is 78.2 Å². The molecular formula is C16H22N4O2. The summed E-state index contributed by atoms with van der Waals surface area (Å²) < 4.78 is 11.2. The first-order valence-electron chi connectivity index (χ1n) is 7.18. The number of likely N-dealkylation sites (N-methyl/N-ethyl adjacent to an activating group) is 1. The smallest absolute Gasteiger partial charge is 0.232 e. The third kappa shape index (κ3) is 3.49. The number of nitrogens with one attached hydrogen (secondary N) is 1. The minimum Gasteiger partial charge on any atom is -0.468 e. The third-order valence-corrected chi connectivity index (χ3v) is 3.33. The molecule has 1 N–H and O–H groups in total. The van der Waals surface area contributed by atoms with Gasteiger partial charge >= 0.3 is 0 Å². The molecule has 0 aliphatic rings. The van der Waals surface area contributed by atoms with E-state index in [9.17, 15) is 5.26 Å². The van der Waals surface area contributed by atoms with E-state index in [1.807, 2.05) is 51.9 Å². The highest BCUT2D eigenvalue weighted by molar-refractivity contribution is 5.46. The summed E-state index contributed by atoms with van der Waals surface area (Å²) in [6.07, 6.45) is 1.65. The zero-order chi connectivity index (χ0) is 16.3. The lowest BCUT2D eigenvalue weighted by atomic mass is 9.97. The van der Waals surface area contributed by atoms with Gasteiger partial charge in [0.05, 0.1) is 12.3 Å². The average molecular weight is 302 g/mol. The molecule has 1 unspecified atom stereocenters. The normalized spacial score (nSPS) is 13.1. The molecule has 0 radical (unpaired) electrons.